The molecule has 165 valence electrons. The molecule has 0 saturated carbocycles. The number of carbonyl (C=O) groups excluding carboxylic acids is 1. The minimum Gasteiger partial charge on any atom is -0.449 e. The molecule has 1 saturated heterocycles. The van der Waals surface area contributed by atoms with Gasteiger partial charge in [-0.25, -0.2) is 4.79 Å². The van der Waals surface area contributed by atoms with Crippen LogP contribution in [0.15, 0.2) is 48.5 Å². The Balaban J connectivity index is 1.17. The normalized spacial score (nSPS) is 18.8. The summed E-state index contributed by atoms with van der Waals surface area (Å²) in [5.74, 6) is 0.0700. The third-order valence-corrected chi connectivity index (χ3v) is 6.05. The van der Waals surface area contributed by atoms with Crippen LogP contribution < -0.4 is 5.32 Å². The van der Waals surface area contributed by atoms with Crippen LogP contribution in [0, 0.1) is 6.92 Å². The zero-order chi connectivity index (χ0) is 21.5. The third kappa shape index (κ3) is 5.66. The molecular formula is C26H32NO4. The van der Waals surface area contributed by atoms with Crippen LogP contribution in [0.2, 0.25) is 0 Å². The van der Waals surface area contributed by atoms with Gasteiger partial charge >= 0.3 is 6.09 Å². The van der Waals surface area contributed by atoms with E-state index in [4.69, 9.17) is 14.2 Å². The van der Waals surface area contributed by atoms with Crippen molar-refractivity contribution in [2.24, 2.45) is 0 Å². The highest BCUT2D eigenvalue weighted by molar-refractivity contribution is 5.79. The lowest BCUT2D eigenvalue weighted by Crippen LogP contribution is -2.34. The van der Waals surface area contributed by atoms with Gasteiger partial charge in [0, 0.05) is 25.2 Å². The van der Waals surface area contributed by atoms with Gasteiger partial charge in [-0.2, -0.15) is 0 Å². The number of amides is 1. The second-order valence-electron chi connectivity index (χ2n) is 8.33. The summed E-state index contributed by atoms with van der Waals surface area (Å²) < 4.78 is 16.9. The van der Waals surface area contributed by atoms with Gasteiger partial charge in [-0.1, -0.05) is 48.5 Å². The summed E-state index contributed by atoms with van der Waals surface area (Å²) in [6.07, 6.45) is 5.50. The summed E-state index contributed by atoms with van der Waals surface area (Å²) >= 11 is 0. The minimum atomic E-state index is -0.409. The van der Waals surface area contributed by atoms with E-state index in [2.05, 4.69) is 36.5 Å². The van der Waals surface area contributed by atoms with Gasteiger partial charge in [0.15, 0.2) is 6.29 Å². The standard InChI is InChI=1S/C26H32NO4/c1-19(10-6-8-16-29-25-15-7-9-17-30-25)27-26(28)31-18-24-22-13-4-2-11-20(22)21-12-3-5-14-23(21)24/h2-5,11-14,19,24-25H,1,6-10,15-18H2,(H,27,28)/t19-,25?/m0/s1. The number of alkyl carbamates (subject to hydrolysis) is 1. The molecule has 1 unspecified atom stereocenters. The van der Waals surface area contributed by atoms with E-state index in [0.717, 1.165) is 38.7 Å². The van der Waals surface area contributed by atoms with E-state index in [1.54, 1.807) is 0 Å². The first kappa shape index (κ1) is 21.8. The number of nitrogens with one attached hydrogen (secondary N) is 1. The Morgan fingerprint density at radius 2 is 1.77 bits per heavy atom. The van der Waals surface area contributed by atoms with Crippen LogP contribution in [-0.4, -0.2) is 38.2 Å². The van der Waals surface area contributed by atoms with Crippen molar-refractivity contribution >= 4 is 6.09 Å². The van der Waals surface area contributed by atoms with Crippen molar-refractivity contribution in [2.75, 3.05) is 19.8 Å². The molecule has 1 radical (unpaired) electrons. The van der Waals surface area contributed by atoms with Crippen LogP contribution in [0.25, 0.3) is 11.1 Å². The zero-order valence-electron chi connectivity index (χ0n) is 18.1. The fourth-order valence-corrected chi connectivity index (χ4v) is 4.43. The Morgan fingerprint density at radius 3 is 2.45 bits per heavy atom. The second kappa shape index (κ2) is 10.8. The van der Waals surface area contributed by atoms with Crippen LogP contribution in [-0.2, 0) is 14.2 Å². The zero-order valence-corrected chi connectivity index (χ0v) is 18.1. The van der Waals surface area contributed by atoms with Gasteiger partial charge in [0.05, 0.1) is 0 Å². The van der Waals surface area contributed by atoms with Gasteiger partial charge in [0.2, 0.25) is 0 Å². The molecule has 2 aromatic carbocycles. The number of carbonyl (C=O) groups is 1. The van der Waals surface area contributed by atoms with Crippen molar-refractivity contribution in [1.82, 2.24) is 5.32 Å². The molecule has 1 aliphatic heterocycles. The number of hydrogen-bond donors (Lipinski definition) is 1. The fourth-order valence-electron chi connectivity index (χ4n) is 4.43. The number of fused-ring (bicyclic) bond motifs is 3. The van der Waals surface area contributed by atoms with Crippen molar-refractivity contribution in [3.63, 3.8) is 0 Å². The SMILES string of the molecule is [CH2][C@@H](CCCCOC1CCCCO1)NC(=O)OCC1c2ccccc2-c2ccccc21. The predicted octanol–water partition coefficient (Wildman–Crippen LogP) is 5.44. The maximum Gasteiger partial charge on any atom is 0.407 e. The number of ether oxygens (including phenoxy) is 3. The number of rotatable bonds is 9. The van der Waals surface area contributed by atoms with Gasteiger partial charge in [0.1, 0.15) is 6.61 Å². The molecule has 1 heterocycles. The highest BCUT2D eigenvalue weighted by atomic mass is 16.7. The van der Waals surface area contributed by atoms with Crippen LogP contribution in [0.3, 0.4) is 0 Å². The molecule has 0 bridgehead atoms. The van der Waals surface area contributed by atoms with E-state index in [-0.39, 0.29) is 18.2 Å². The molecule has 5 nitrogen and oxygen atoms in total. The summed E-state index contributed by atoms with van der Waals surface area (Å²) in [5, 5.41) is 2.85. The van der Waals surface area contributed by atoms with Crippen molar-refractivity contribution < 1.29 is 19.0 Å². The molecule has 2 aliphatic rings. The maximum atomic E-state index is 12.3. The molecule has 5 heteroatoms. The van der Waals surface area contributed by atoms with E-state index < -0.39 is 6.09 Å². The first-order valence-corrected chi connectivity index (χ1v) is 11.4. The Hall–Kier alpha value is -2.37. The summed E-state index contributed by atoms with van der Waals surface area (Å²) in [5.41, 5.74) is 4.88. The highest BCUT2D eigenvalue weighted by Crippen LogP contribution is 2.44. The van der Waals surface area contributed by atoms with E-state index >= 15 is 0 Å². The summed E-state index contributed by atoms with van der Waals surface area (Å²) in [6, 6.07) is 16.5. The van der Waals surface area contributed by atoms with Crippen molar-refractivity contribution in [3.05, 3.63) is 66.6 Å². The Bertz CT molecular complexity index is 816. The van der Waals surface area contributed by atoms with E-state index in [1.165, 1.54) is 28.7 Å². The average Bonchev–Trinajstić information content (AvgIpc) is 3.12. The minimum absolute atomic E-state index is 0.0387. The molecule has 31 heavy (non-hydrogen) atoms. The van der Waals surface area contributed by atoms with Crippen LogP contribution >= 0.6 is 0 Å². The van der Waals surface area contributed by atoms with E-state index in [0.29, 0.717) is 13.2 Å². The smallest absolute Gasteiger partial charge is 0.407 e. The van der Waals surface area contributed by atoms with E-state index in [1.807, 2.05) is 24.3 Å². The Morgan fingerprint density at radius 1 is 1.06 bits per heavy atom. The first-order chi connectivity index (χ1) is 15.2. The molecule has 1 N–H and O–H groups in total. The van der Waals surface area contributed by atoms with Crippen molar-refractivity contribution in [1.29, 1.82) is 0 Å². The summed E-state index contributed by atoms with van der Waals surface area (Å²) in [4.78, 5) is 12.3. The first-order valence-electron chi connectivity index (χ1n) is 11.4. The maximum absolute atomic E-state index is 12.3. The largest absolute Gasteiger partial charge is 0.449 e. The molecule has 4 rings (SSSR count). The summed E-state index contributed by atoms with van der Waals surface area (Å²) in [7, 11) is 0. The van der Waals surface area contributed by atoms with Gasteiger partial charge in [-0.15, -0.1) is 0 Å². The molecule has 0 aromatic heterocycles. The summed E-state index contributed by atoms with van der Waals surface area (Å²) in [6.45, 7) is 5.85. The molecule has 1 aliphatic carbocycles. The van der Waals surface area contributed by atoms with Crippen LogP contribution in [0.5, 0.6) is 0 Å². The quantitative estimate of drug-likeness (QED) is 0.547. The van der Waals surface area contributed by atoms with Gasteiger partial charge < -0.3 is 19.5 Å². The second-order valence-corrected chi connectivity index (χ2v) is 8.33. The molecule has 1 fully saturated rings. The number of benzene rings is 2. The van der Waals surface area contributed by atoms with Crippen LogP contribution in [0.4, 0.5) is 4.79 Å². The molecule has 0 spiro atoms. The lowest BCUT2D eigenvalue weighted by Gasteiger charge is -2.22. The van der Waals surface area contributed by atoms with Crippen molar-refractivity contribution in [2.45, 2.75) is 56.8 Å². The van der Waals surface area contributed by atoms with Gasteiger partial charge in [-0.3, -0.25) is 0 Å². The third-order valence-electron chi connectivity index (χ3n) is 6.05. The Kier molecular flexibility index (Phi) is 7.60. The molecule has 2 atom stereocenters. The fraction of sp³-hybridized carbons (Fsp3) is 0.462. The van der Waals surface area contributed by atoms with Gasteiger partial charge in [-0.05, 0) is 67.7 Å². The monoisotopic (exact) mass is 422 g/mol. The Labute approximate surface area is 185 Å². The lowest BCUT2D eigenvalue weighted by molar-refractivity contribution is -0.162. The van der Waals surface area contributed by atoms with Gasteiger partial charge in [0.25, 0.3) is 0 Å². The highest BCUT2D eigenvalue weighted by Gasteiger charge is 2.29. The van der Waals surface area contributed by atoms with E-state index in [9.17, 15) is 4.79 Å². The van der Waals surface area contributed by atoms with Crippen molar-refractivity contribution in [3.8, 4) is 11.1 Å². The number of unbranched alkanes of at least 4 members (excludes halogenated alkanes) is 1. The molecule has 2 aromatic rings. The average molecular weight is 423 g/mol. The topological polar surface area (TPSA) is 56.8 Å². The molecular weight excluding hydrogens is 390 g/mol. The van der Waals surface area contributed by atoms with Crippen LogP contribution in [0.1, 0.15) is 55.6 Å². The number of hydrogen-bond acceptors (Lipinski definition) is 4. The predicted molar refractivity (Wildman–Crippen MR) is 121 cm³/mol. The molecule has 1 amide bonds. The lowest BCUT2D eigenvalue weighted by atomic mass is 9.98.